The van der Waals surface area contributed by atoms with Gasteiger partial charge in [-0.3, -0.25) is 14.6 Å². The van der Waals surface area contributed by atoms with Gasteiger partial charge in [-0.05, 0) is 42.0 Å². The van der Waals surface area contributed by atoms with Crippen LogP contribution in [0.3, 0.4) is 0 Å². The maximum Gasteiger partial charge on any atom is 0.237 e. The Balaban J connectivity index is 0.00000840. The largest absolute Gasteiger partial charge is 0.497 e. The first-order chi connectivity index (χ1) is 18.9. The third-order valence-corrected chi connectivity index (χ3v) is 8.32. The Morgan fingerprint density at radius 1 is 1.07 bits per heavy atom. The maximum absolute atomic E-state index is 13.5. The minimum atomic E-state index is -3.62. The Labute approximate surface area is 250 Å². The number of methoxy groups -OCH3 is 1. The SMILES string of the molecule is COc1cccc(CNC[C@@H](O)[C@H](Cc2ccccc2)NC(=O)C(CC(=O)N(C)N)CS(=O)(=O)CCC(C)C)c1.Cl. The van der Waals surface area contributed by atoms with E-state index in [0.29, 0.717) is 19.4 Å². The first-order valence-corrected chi connectivity index (χ1v) is 15.3. The number of benzene rings is 2. The minimum Gasteiger partial charge on any atom is -0.497 e. The summed E-state index contributed by atoms with van der Waals surface area (Å²) in [5.74, 6) is 3.59. The van der Waals surface area contributed by atoms with Crippen molar-refractivity contribution >= 4 is 34.1 Å². The number of hydrogen-bond acceptors (Lipinski definition) is 8. The van der Waals surface area contributed by atoms with Crippen LogP contribution in [0.5, 0.6) is 5.75 Å². The van der Waals surface area contributed by atoms with E-state index in [4.69, 9.17) is 10.6 Å². The van der Waals surface area contributed by atoms with Crippen molar-refractivity contribution in [2.45, 2.75) is 51.8 Å². The summed E-state index contributed by atoms with van der Waals surface area (Å²) >= 11 is 0. The molecule has 41 heavy (non-hydrogen) atoms. The summed E-state index contributed by atoms with van der Waals surface area (Å²) in [4.78, 5) is 25.9. The second kappa shape index (κ2) is 18.0. The second-order valence-electron chi connectivity index (χ2n) is 10.6. The van der Waals surface area contributed by atoms with Crippen molar-refractivity contribution in [2.75, 3.05) is 32.2 Å². The zero-order valence-electron chi connectivity index (χ0n) is 24.3. The van der Waals surface area contributed by atoms with Crippen LogP contribution in [0.15, 0.2) is 54.6 Å². The van der Waals surface area contributed by atoms with Crippen molar-refractivity contribution < 1.29 is 27.9 Å². The van der Waals surface area contributed by atoms with Gasteiger partial charge in [0.2, 0.25) is 11.8 Å². The van der Waals surface area contributed by atoms with E-state index in [-0.39, 0.29) is 37.0 Å². The number of sulfone groups is 1. The molecule has 5 N–H and O–H groups in total. The molecule has 0 spiro atoms. The van der Waals surface area contributed by atoms with Crippen LogP contribution in [-0.4, -0.2) is 74.7 Å². The first-order valence-electron chi connectivity index (χ1n) is 13.5. The molecule has 2 aromatic carbocycles. The molecule has 0 saturated carbocycles. The molecule has 0 heterocycles. The normalized spacial score (nSPS) is 13.5. The predicted octanol–water partition coefficient (Wildman–Crippen LogP) is 2.09. The van der Waals surface area contributed by atoms with Crippen LogP contribution in [-0.2, 0) is 32.4 Å². The lowest BCUT2D eigenvalue weighted by Crippen LogP contribution is -2.51. The lowest BCUT2D eigenvalue weighted by molar-refractivity contribution is -0.135. The van der Waals surface area contributed by atoms with Gasteiger partial charge in [0.05, 0.1) is 36.7 Å². The van der Waals surface area contributed by atoms with Crippen LogP contribution in [0.25, 0.3) is 0 Å². The molecule has 0 radical (unpaired) electrons. The third-order valence-electron chi connectivity index (χ3n) is 6.55. The Morgan fingerprint density at radius 3 is 2.34 bits per heavy atom. The smallest absolute Gasteiger partial charge is 0.237 e. The minimum absolute atomic E-state index is 0. The summed E-state index contributed by atoms with van der Waals surface area (Å²) < 4.78 is 30.9. The van der Waals surface area contributed by atoms with Crippen LogP contribution < -0.4 is 21.2 Å². The Bertz CT molecular complexity index is 1180. The average Bonchev–Trinajstić information content (AvgIpc) is 2.91. The molecule has 0 bridgehead atoms. The van der Waals surface area contributed by atoms with Gasteiger partial charge in [-0.15, -0.1) is 12.4 Å². The summed E-state index contributed by atoms with van der Waals surface area (Å²) in [7, 11) is -0.675. The topological polar surface area (TPSA) is 151 Å². The zero-order chi connectivity index (χ0) is 29.7. The molecule has 0 aliphatic heterocycles. The van der Waals surface area contributed by atoms with Gasteiger partial charge in [0.1, 0.15) is 5.75 Å². The number of nitrogens with one attached hydrogen (secondary N) is 2. The number of carbonyl (C=O) groups excluding carboxylic acids is 2. The standard InChI is InChI=1S/C29H44N4O6S.ClH/c1-21(2)13-14-40(37,38)20-24(17-28(35)33(3)30)29(36)32-26(16-22-9-6-5-7-10-22)27(34)19-31-18-23-11-8-12-25(15-23)39-4;/h5-12,15,21,24,26-27,31,34H,13-14,16-20,30H2,1-4H3,(H,32,36);1H/t24?,26-,27+;/m0./s1. The fraction of sp³-hybridized carbons (Fsp3) is 0.517. The highest BCUT2D eigenvalue weighted by Gasteiger charge is 2.31. The van der Waals surface area contributed by atoms with E-state index in [0.717, 1.165) is 21.9 Å². The van der Waals surface area contributed by atoms with Gasteiger partial charge in [0.25, 0.3) is 0 Å². The number of halogens is 1. The lowest BCUT2D eigenvalue weighted by Gasteiger charge is -2.27. The fourth-order valence-electron chi connectivity index (χ4n) is 4.13. The second-order valence-corrected chi connectivity index (χ2v) is 12.8. The highest BCUT2D eigenvalue weighted by atomic mass is 35.5. The number of nitrogens with zero attached hydrogens (tertiary/aromatic N) is 1. The van der Waals surface area contributed by atoms with Crippen LogP contribution in [0.1, 0.15) is 37.8 Å². The summed E-state index contributed by atoms with van der Waals surface area (Å²) in [5, 5.41) is 18.0. The van der Waals surface area contributed by atoms with Gasteiger partial charge in [0.15, 0.2) is 9.84 Å². The number of aliphatic hydroxyl groups excluding tert-OH is 1. The molecule has 2 aromatic rings. The summed E-state index contributed by atoms with van der Waals surface area (Å²) in [6.07, 6.45) is -0.593. The number of nitrogens with two attached hydrogens (primary N) is 1. The van der Waals surface area contributed by atoms with E-state index in [1.54, 1.807) is 7.11 Å². The molecule has 2 rings (SSSR count). The summed E-state index contributed by atoms with van der Waals surface area (Å²) in [6.45, 7) is 4.47. The first kappa shape index (κ1) is 36.3. The van der Waals surface area contributed by atoms with Crippen molar-refractivity contribution in [1.29, 1.82) is 0 Å². The number of aliphatic hydroxyl groups is 1. The van der Waals surface area contributed by atoms with E-state index >= 15 is 0 Å². The molecular weight excluding hydrogens is 568 g/mol. The fourth-order valence-corrected chi connectivity index (χ4v) is 6.01. The molecule has 1 unspecified atom stereocenters. The van der Waals surface area contributed by atoms with Gasteiger partial charge in [0, 0.05) is 26.6 Å². The highest BCUT2D eigenvalue weighted by Crippen LogP contribution is 2.15. The number of carbonyl (C=O) groups is 2. The molecule has 3 atom stereocenters. The molecule has 0 saturated heterocycles. The molecule has 2 amide bonds. The quantitative estimate of drug-likeness (QED) is 0.120. The van der Waals surface area contributed by atoms with Gasteiger partial charge >= 0.3 is 0 Å². The summed E-state index contributed by atoms with van der Waals surface area (Å²) in [5.41, 5.74) is 1.85. The number of hydrogen-bond donors (Lipinski definition) is 4. The molecule has 0 aliphatic rings. The predicted molar refractivity (Wildman–Crippen MR) is 163 cm³/mol. The van der Waals surface area contributed by atoms with Crippen LogP contribution in [0.4, 0.5) is 0 Å². The Morgan fingerprint density at radius 2 is 1.73 bits per heavy atom. The maximum atomic E-state index is 13.5. The molecular formula is C29H45ClN4O6S. The molecule has 0 aliphatic carbocycles. The van der Waals surface area contributed by atoms with E-state index < -0.39 is 45.5 Å². The van der Waals surface area contributed by atoms with E-state index in [1.165, 1.54) is 7.05 Å². The molecule has 12 heteroatoms. The number of hydrazine groups is 1. The van der Waals surface area contributed by atoms with Gasteiger partial charge in [-0.1, -0.05) is 56.3 Å². The monoisotopic (exact) mass is 612 g/mol. The van der Waals surface area contributed by atoms with Crippen LogP contribution in [0, 0.1) is 11.8 Å². The Hall–Kier alpha value is -2.70. The van der Waals surface area contributed by atoms with Crippen molar-refractivity contribution in [2.24, 2.45) is 17.7 Å². The van der Waals surface area contributed by atoms with Gasteiger partial charge < -0.3 is 20.5 Å². The van der Waals surface area contributed by atoms with Gasteiger partial charge in [-0.2, -0.15) is 0 Å². The molecule has 230 valence electrons. The zero-order valence-corrected chi connectivity index (χ0v) is 25.9. The highest BCUT2D eigenvalue weighted by molar-refractivity contribution is 7.91. The number of ether oxygens (including phenoxy) is 1. The van der Waals surface area contributed by atoms with E-state index in [1.807, 2.05) is 68.4 Å². The molecule has 10 nitrogen and oxygen atoms in total. The Kier molecular flexibility index (Phi) is 15.9. The van der Waals surface area contributed by atoms with Crippen LogP contribution in [0.2, 0.25) is 0 Å². The summed E-state index contributed by atoms with van der Waals surface area (Å²) in [6, 6.07) is 16.2. The molecule has 0 fully saturated rings. The van der Waals surface area contributed by atoms with Crippen molar-refractivity contribution in [1.82, 2.24) is 15.6 Å². The van der Waals surface area contributed by atoms with Crippen LogP contribution >= 0.6 is 12.4 Å². The number of rotatable bonds is 17. The third kappa shape index (κ3) is 13.7. The lowest BCUT2D eigenvalue weighted by atomic mass is 9.99. The molecule has 0 aromatic heterocycles. The van der Waals surface area contributed by atoms with Gasteiger partial charge in [-0.25, -0.2) is 14.3 Å². The number of amides is 2. The van der Waals surface area contributed by atoms with Crippen molar-refractivity contribution in [3.05, 3.63) is 65.7 Å². The van der Waals surface area contributed by atoms with E-state index in [2.05, 4.69) is 10.6 Å². The van der Waals surface area contributed by atoms with E-state index in [9.17, 15) is 23.1 Å². The van der Waals surface area contributed by atoms with Crippen molar-refractivity contribution in [3.63, 3.8) is 0 Å². The van der Waals surface area contributed by atoms with Crippen molar-refractivity contribution in [3.8, 4) is 5.75 Å². The average molecular weight is 613 g/mol.